The molecule has 0 spiro atoms. The van der Waals surface area contributed by atoms with Crippen LogP contribution in [0.4, 0.5) is 13.2 Å². The van der Waals surface area contributed by atoms with Gasteiger partial charge < -0.3 is 4.74 Å². The summed E-state index contributed by atoms with van der Waals surface area (Å²) in [7, 11) is 1.52. The number of halogens is 4. The van der Waals surface area contributed by atoms with Gasteiger partial charge in [-0.1, -0.05) is 23.7 Å². The van der Waals surface area contributed by atoms with Crippen molar-refractivity contribution in [2.75, 3.05) is 7.11 Å². The zero-order valence-electron chi connectivity index (χ0n) is 12.9. The van der Waals surface area contributed by atoms with Gasteiger partial charge in [-0.3, -0.25) is 4.98 Å². The van der Waals surface area contributed by atoms with Gasteiger partial charge in [-0.2, -0.15) is 13.2 Å². The van der Waals surface area contributed by atoms with Crippen LogP contribution in [0.5, 0.6) is 5.75 Å². The highest BCUT2D eigenvalue weighted by Gasteiger charge is 2.33. The van der Waals surface area contributed by atoms with Crippen LogP contribution in [0.25, 0.3) is 22.0 Å². The molecule has 0 aliphatic carbocycles. The van der Waals surface area contributed by atoms with E-state index in [-0.39, 0.29) is 5.52 Å². The molecule has 0 unspecified atom stereocenters. The van der Waals surface area contributed by atoms with E-state index < -0.39 is 11.7 Å². The van der Waals surface area contributed by atoms with Gasteiger partial charge in [-0.25, -0.2) is 0 Å². The summed E-state index contributed by atoms with van der Waals surface area (Å²) in [5.41, 5.74) is 0.828. The molecule has 0 saturated carbocycles. The lowest BCUT2D eigenvalue weighted by Crippen LogP contribution is -2.07. The highest BCUT2D eigenvalue weighted by atomic mass is 35.5. The van der Waals surface area contributed by atoms with Crippen molar-refractivity contribution in [1.29, 1.82) is 0 Å². The van der Waals surface area contributed by atoms with E-state index in [1.54, 1.807) is 37.3 Å². The van der Waals surface area contributed by atoms with Crippen LogP contribution in [0.1, 0.15) is 11.3 Å². The standard InChI is InChI=1S/C18H13ClF3NO/c1-10-8-13(14-9-11(24-2)6-7-16(14)19)12-4-3-5-15(17(12)23-10)18(20,21)22/h3-9H,1-2H3. The molecule has 0 fully saturated rings. The number of rotatable bonds is 2. The van der Waals surface area contributed by atoms with Gasteiger partial charge >= 0.3 is 6.18 Å². The number of fused-ring (bicyclic) bond motifs is 1. The highest BCUT2D eigenvalue weighted by molar-refractivity contribution is 6.33. The maximum atomic E-state index is 13.3. The molecule has 1 aromatic heterocycles. The Morgan fingerprint density at radius 3 is 2.46 bits per heavy atom. The summed E-state index contributed by atoms with van der Waals surface area (Å²) < 4.78 is 45.1. The molecule has 3 aromatic rings. The smallest absolute Gasteiger partial charge is 0.418 e. The van der Waals surface area contributed by atoms with Gasteiger partial charge in [-0.05, 0) is 42.8 Å². The molecule has 124 valence electrons. The molecule has 24 heavy (non-hydrogen) atoms. The summed E-state index contributed by atoms with van der Waals surface area (Å²) in [6.07, 6.45) is -4.48. The number of benzene rings is 2. The third kappa shape index (κ3) is 2.91. The summed E-state index contributed by atoms with van der Waals surface area (Å²) >= 11 is 6.27. The molecular weight excluding hydrogens is 339 g/mol. The molecular formula is C18H13ClF3NO. The molecule has 0 saturated heterocycles. The largest absolute Gasteiger partial charge is 0.497 e. The van der Waals surface area contributed by atoms with Crippen molar-refractivity contribution in [3.05, 3.63) is 58.7 Å². The van der Waals surface area contributed by atoms with Gasteiger partial charge in [0.2, 0.25) is 0 Å². The number of alkyl halides is 3. The van der Waals surface area contributed by atoms with E-state index in [1.165, 1.54) is 13.2 Å². The number of aryl methyl sites for hydroxylation is 1. The second-order valence-corrected chi connectivity index (χ2v) is 5.76. The van der Waals surface area contributed by atoms with Gasteiger partial charge in [0.1, 0.15) is 5.75 Å². The second kappa shape index (κ2) is 5.98. The van der Waals surface area contributed by atoms with Crippen molar-refractivity contribution in [3.8, 4) is 16.9 Å². The van der Waals surface area contributed by atoms with Crippen molar-refractivity contribution in [1.82, 2.24) is 4.98 Å². The van der Waals surface area contributed by atoms with Gasteiger partial charge in [-0.15, -0.1) is 0 Å². The summed E-state index contributed by atoms with van der Waals surface area (Å²) in [6.45, 7) is 1.66. The Morgan fingerprint density at radius 2 is 1.79 bits per heavy atom. The fraction of sp³-hybridized carbons (Fsp3) is 0.167. The molecule has 0 N–H and O–H groups in total. The first kappa shape index (κ1) is 16.6. The maximum Gasteiger partial charge on any atom is 0.418 e. The van der Waals surface area contributed by atoms with E-state index in [0.29, 0.717) is 33.0 Å². The minimum absolute atomic E-state index is 0.0844. The maximum absolute atomic E-state index is 13.3. The van der Waals surface area contributed by atoms with E-state index >= 15 is 0 Å². The molecule has 0 amide bonds. The van der Waals surface area contributed by atoms with Crippen molar-refractivity contribution < 1.29 is 17.9 Å². The lowest BCUT2D eigenvalue weighted by atomic mass is 9.98. The number of nitrogens with zero attached hydrogens (tertiary/aromatic N) is 1. The summed E-state index contributed by atoms with van der Waals surface area (Å²) in [6, 6.07) is 10.8. The Labute approximate surface area is 141 Å². The van der Waals surface area contributed by atoms with Gasteiger partial charge in [0.05, 0.1) is 18.2 Å². The monoisotopic (exact) mass is 351 g/mol. The quantitative estimate of drug-likeness (QED) is 0.574. The molecule has 0 aliphatic rings. The Hall–Kier alpha value is -2.27. The van der Waals surface area contributed by atoms with Crippen LogP contribution in [0.3, 0.4) is 0 Å². The number of hydrogen-bond acceptors (Lipinski definition) is 2. The van der Waals surface area contributed by atoms with Crippen molar-refractivity contribution in [3.63, 3.8) is 0 Å². The molecule has 0 aliphatic heterocycles. The number of ether oxygens (including phenoxy) is 1. The molecule has 0 bridgehead atoms. The fourth-order valence-corrected chi connectivity index (χ4v) is 2.89. The van der Waals surface area contributed by atoms with Crippen LogP contribution in [0, 0.1) is 6.92 Å². The lowest BCUT2D eigenvalue weighted by molar-refractivity contribution is -0.136. The number of aromatic nitrogens is 1. The van der Waals surface area contributed by atoms with Crippen LogP contribution in [0.2, 0.25) is 5.02 Å². The predicted octanol–water partition coefficient (Wildman–Crippen LogP) is 5.89. The van der Waals surface area contributed by atoms with E-state index in [4.69, 9.17) is 16.3 Å². The number of hydrogen-bond donors (Lipinski definition) is 0. The summed E-state index contributed by atoms with van der Waals surface area (Å²) in [5, 5.41) is 0.825. The topological polar surface area (TPSA) is 22.1 Å². The normalized spacial score (nSPS) is 11.8. The van der Waals surface area contributed by atoms with Crippen LogP contribution in [-0.4, -0.2) is 12.1 Å². The van der Waals surface area contributed by atoms with Crippen LogP contribution in [-0.2, 0) is 6.18 Å². The average Bonchev–Trinajstić information content (AvgIpc) is 2.53. The minimum Gasteiger partial charge on any atom is -0.497 e. The molecule has 6 heteroatoms. The van der Waals surface area contributed by atoms with E-state index in [9.17, 15) is 13.2 Å². The molecule has 2 aromatic carbocycles. The number of para-hydroxylation sites is 1. The van der Waals surface area contributed by atoms with Crippen LogP contribution < -0.4 is 4.74 Å². The molecule has 1 heterocycles. The van der Waals surface area contributed by atoms with Crippen molar-refractivity contribution >= 4 is 22.5 Å². The van der Waals surface area contributed by atoms with Gasteiger partial charge in [0, 0.05) is 21.7 Å². The molecule has 0 atom stereocenters. The minimum atomic E-state index is -4.48. The Bertz CT molecular complexity index is 922. The second-order valence-electron chi connectivity index (χ2n) is 5.36. The molecule has 3 rings (SSSR count). The summed E-state index contributed by atoms with van der Waals surface area (Å²) in [5.74, 6) is 0.573. The molecule has 0 radical (unpaired) electrons. The Kier molecular flexibility index (Phi) is 4.13. The number of pyridine rings is 1. The summed E-state index contributed by atoms with van der Waals surface area (Å²) in [4.78, 5) is 4.11. The van der Waals surface area contributed by atoms with Crippen molar-refractivity contribution in [2.45, 2.75) is 13.1 Å². The average molecular weight is 352 g/mol. The van der Waals surface area contributed by atoms with Crippen LogP contribution in [0.15, 0.2) is 42.5 Å². The Morgan fingerprint density at radius 1 is 1.04 bits per heavy atom. The first-order chi connectivity index (χ1) is 11.3. The van der Waals surface area contributed by atoms with Gasteiger partial charge in [0.15, 0.2) is 0 Å². The zero-order chi connectivity index (χ0) is 17.5. The SMILES string of the molecule is COc1ccc(Cl)c(-c2cc(C)nc3c(C(F)(F)F)cccc23)c1. The zero-order valence-corrected chi connectivity index (χ0v) is 13.7. The van der Waals surface area contributed by atoms with E-state index in [1.807, 2.05) is 0 Å². The Balaban J connectivity index is 2.38. The van der Waals surface area contributed by atoms with Crippen LogP contribution >= 0.6 is 11.6 Å². The first-order valence-corrected chi connectivity index (χ1v) is 7.50. The predicted molar refractivity (Wildman–Crippen MR) is 88.5 cm³/mol. The van der Waals surface area contributed by atoms with E-state index in [2.05, 4.69) is 4.98 Å². The lowest BCUT2D eigenvalue weighted by Gasteiger charge is -2.15. The number of methoxy groups -OCH3 is 1. The van der Waals surface area contributed by atoms with E-state index in [0.717, 1.165) is 6.07 Å². The third-order valence-electron chi connectivity index (χ3n) is 3.74. The van der Waals surface area contributed by atoms with Gasteiger partial charge in [0.25, 0.3) is 0 Å². The fourth-order valence-electron chi connectivity index (χ4n) is 2.67. The third-order valence-corrected chi connectivity index (χ3v) is 4.07. The highest BCUT2D eigenvalue weighted by Crippen LogP contribution is 2.40. The van der Waals surface area contributed by atoms with Crippen molar-refractivity contribution in [2.24, 2.45) is 0 Å². The first-order valence-electron chi connectivity index (χ1n) is 7.12. The molecule has 2 nitrogen and oxygen atoms in total.